The van der Waals surface area contributed by atoms with E-state index in [2.05, 4.69) is 60.3 Å². The number of piperidine rings is 1. The first kappa shape index (κ1) is 17.2. The van der Waals surface area contributed by atoms with Gasteiger partial charge in [0.25, 0.3) is 0 Å². The molecule has 0 unspecified atom stereocenters. The lowest BCUT2D eigenvalue weighted by atomic mass is 10.0. The molecule has 1 N–H and O–H groups in total. The Labute approximate surface area is 140 Å². The Balaban J connectivity index is 1.80. The van der Waals surface area contributed by atoms with E-state index in [1.165, 1.54) is 37.8 Å². The van der Waals surface area contributed by atoms with E-state index in [1.54, 1.807) is 0 Å². The molecule has 0 atom stereocenters. The van der Waals surface area contributed by atoms with Crippen molar-refractivity contribution in [1.82, 2.24) is 9.80 Å². The van der Waals surface area contributed by atoms with E-state index in [0.29, 0.717) is 6.04 Å². The maximum absolute atomic E-state index is 5.57. The van der Waals surface area contributed by atoms with E-state index in [-0.39, 0.29) is 0 Å². The lowest BCUT2D eigenvalue weighted by Crippen LogP contribution is -2.47. The molecule has 3 nitrogen and oxygen atoms in total. The van der Waals surface area contributed by atoms with Crippen LogP contribution in [0.4, 0.5) is 5.69 Å². The van der Waals surface area contributed by atoms with Crippen molar-refractivity contribution in [1.29, 1.82) is 0 Å². The van der Waals surface area contributed by atoms with Crippen molar-refractivity contribution in [3.05, 3.63) is 29.8 Å². The molecular formula is C18H29N3S. The van der Waals surface area contributed by atoms with Crippen LogP contribution < -0.4 is 5.32 Å². The number of hydrogen-bond donors (Lipinski definition) is 1. The molecule has 0 aromatic heterocycles. The van der Waals surface area contributed by atoms with Gasteiger partial charge in [0.15, 0.2) is 5.11 Å². The zero-order chi connectivity index (χ0) is 15.9. The van der Waals surface area contributed by atoms with Crippen molar-refractivity contribution in [3.63, 3.8) is 0 Å². The molecule has 22 heavy (non-hydrogen) atoms. The van der Waals surface area contributed by atoms with Gasteiger partial charge in [0.05, 0.1) is 0 Å². The van der Waals surface area contributed by atoms with Gasteiger partial charge < -0.3 is 15.1 Å². The van der Waals surface area contributed by atoms with Crippen LogP contribution in [-0.4, -0.2) is 47.6 Å². The highest BCUT2D eigenvalue weighted by atomic mass is 32.1. The summed E-state index contributed by atoms with van der Waals surface area (Å²) in [4.78, 5) is 4.83. The fraction of sp³-hybridized carbons (Fsp3) is 0.611. The number of likely N-dealkylation sites (tertiary alicyclic amines) is 1. The quantitative estimate of drug-likeness (QED) is 0.830. The average molecular weight is 320 g/mol. The topological polar surface area (TPSA) is 18.5 Å². The van der Waals surface area contributed by atoms with Crippen LogP contribution >= 0.6 is 12.2 Å². The maximum atomic E-state index is 5.57. The molecular weight excluding hydrogens is 290 g/mol. The molecule has 1 aliphatic heterocycles. The third kappa shape index (κ3) is 4.96. The van der Waals surface area contributed by atoms with Crippen LogP contribution in [-0.2, 0) is 0 Å². The summed E-state index contributed by atoms with van der Waals surface area (Å²) in [5.41, 5.74) is 2.34. The van der Waals surface area contributed by atoms with Gasteiger partial charge in [-0.25, -0.2) is 0 Å². The highest BCUT2D eigenvalue weighted by molar-refractivity contribution is 7.80. The molecule has 0 spiro atoms. The number of benzene rings is 1. The number of hydrogen-bond acceptors (Lipinski definition) is 2. The summed E-state index contributed by atoms with van der Waals surface area (Å²) in [6.45, 7) is 7.68. The predicted octanol–water partition coefficient (Wildman–Crippen LogP) is 3.89. The van der Waals surface area contributed by atoms with Gasteiger partial charge in [-0.05, 0) is 69.7 Å². The Morgan fingerprint density at radius 2 is 2.09 bits per heavy atom. The summed E-state index contributed by atoms with van der Waals surface area (Å²) in [5, 5.41) is 4.24. The van der Waals surface area contributed by atoms with E-state index in [1.807, 2.05) is 0 Å². The second-order valence-electron chi connectivity index (χ2n) is 6.35. The molecule has 1 aliphatic rings. The Morgan fingerprint density at radius 3 is 2.73 bits per heavy atom. The Kier molecular flexibility index (Phi) is 6.65. The molecule has 0 aliphatic carbocycles. The standard InChI is InChI=1S/C18H29N3S/c1-4-5-11-20(3)17-9-12-21(13-10-17)18(22)19-16-8-6-7-15(2)14-16/h6-8,14,17H,4-5,9-13H2,1-3H3,(H,19,22). The normalized spacial score (nSPS) is 16.1. The van der Waals surface area contributed by atoms with Crippen molar-refractivity contribution in [2.45, 2.75) is 45.6 Å². The van der Waals surface area contributed by atoms with E-state index in [4.69, 9.17) is 12.2 Å². The molecule has 4 heteroatoms. The summed E-state index contributed by atoms with van der Waals surface area (Å²) in [5.74, 6) is 0. The molecule has 0 radical (unpaired) electrons. The summed E-state index contributed by atoms with van der Waals surface area (Å²) < 4.78 is 0. The maximum Gasteiger partial charge on any atom is 0.173 e. The molecule has 1 aromatic rings. The van der Waals surface area contributed by atoms with Crippen molar-refractivity contribution >= 4 is 23.0 Å². The smallest absolute Gasteiger partial charge is 0.173 e. The Morgan fingerprint density at radius 1 is 1.36 bits per heavy atom. The SMILES string of the molecule is CCCCN(C)C1CCN(C(=S)Nc2cccc(C)c2)CC1. The average Bonchev–Trinajstić information content (AvgIpc) is 2.52. The molecule has 1 fully saturated rings. The van der Waals surface area contributed by atoms with Crippen molar-refractivity contribution in [2.75, 3.05) is 32.0 Å². The summed E-state index contributed by atoms with van der Waals surface area (Å²) in [6.07, 6.45) is 4.98. The third-order valence-corrected chi connectivity index (χ3v) is 4.87. The monoisotopic (exact) mass is 319 g/mol. The van der Waals surface area contributed by atoms with Gasteiger partial charge in [0.2, 0.25) is 0 Å². The Bertz CT molecular complexity index is 481. The van der Waals surface area contributed by atoms with Crippen LogP contribution in [0.3, 0.4) is 0 Å². The number of thiocarbonyl (C=S) groups is 1. The number of rotatable bonds is 5. The molecule has 0 saturated carbocycles. The minimum atomic E-state index is 0.713. The van der Waals surface area contributed by atoms with E-state index < -0.39 is 0 Å². The fourth-order valence-corrected chi connectivity index (χ4v) is 3.33. The highest BCUT2D eigenvalue weighted by Crippen LogP contribution is 2.18. The van der Waals surface area contributed by atoms with E-state index >= 15 is 0 Å². The van der Waals surface area contributed by atoms with E-state index in [9.17, 15) is 0 Å². The minimum absolute atomic E-state index is 0.713. The zero-order valence-corrected chi connectivity index (χ0v) is 15.0. The van der Waals surface area contributed by atoms with Crippen LogP contribution in [0.15, 0.2) is 24.3 Å². The first-order valence-corrected chi connectivity index (χ1v) is 8.84. The fourth-order valence-electron chi connectivity index (χ4n) is 3.03. The first-order valence-electron chi connectivity index (χ1n) is 8.43. The highest BCUT2D eigenvalue weighted by Gasteiger charge is 2.23. The van der Waals surface area contributed by atoms with Gasteiger partial charge in [0.1, 0.15) is 0 Å². The van der Waals surface area contributed by atoms with Gasteiger partial charge in [-0.15, -0.1) is 0 Å². The molecule has 0 amide bonds. The van der Waals surface area contributed by atoms with Gasteiger partial charge in [0, 0.05) is 24.8 Å². The first-order chi connectivity index (χ1) is 10.6. The summed E-state index contributed by atoms with van der Waals surface area (Å²) in [6, 6.07) is 9.09. The van der Waals surface area contributed by atoms with Crippen LogP contribution in [0.25, 0.3) is 0 Å². The second-order valence-corrected chi connectivity index (χ2v) is 6.74. The van der Waals surface area contributed by atoms with E-state index in [0.717, 1.165) is 23.9 Å². The van der Waals surface area contributed by atoms with Crippen molar-refractivity contribution in [3.8, 4) is 0 Å². The number of aryl methyl sites for hydroxylation is 1. The largest absolute Gasteiger partial charge is 0.349 e. The Hall–Kier alpha value is -1.13. The minimum Gasteiger partial charge on any atom is -0.349 e. The van der Waals surface area contributed by atoms with Crippen LogP contribution in [0.2, 0.25) is 0 Å². The number of anilines is 1. The molecule has 0 bridgehead atoms. The molecule has 1 heterocycles. The number of nitrogens with one attached hydrogen (secondary N) is 1. The van der Waals surface area contributed by atoms with Crippen molar-refractivity contribution < 1.29 is 0 Å². The van der Waals surface area contributed by atoms with Gasteiger partial charge >= 0.3 is 0 Å². The van der Waals surface area contributed by atoms with Gasteiger partial charge in [-0.1, -0.05) is 25.5 Å². The number of unbranched alkanes of at least 4 members (excludes halogenated alkanes) is 1. The van der Waals surface area contributed by atoms with Gasteiger partial charge in [-0.2, -0.15) is 0 Å². The molecule has 2 rings (SSSR count). The van der Waals surface area contributed by atoms with Crippen LogP contribution in [0, 0.1) is 6.92 Å². The van der Waals surface area contributed by atoms with Gasteiger partial charge in [-0.3, -0.25) is 0 Å². The number of nitrogens with zero attached hydrogens (tertiary/aromatic N) is 2. The van der Waals surface area contributed by atoms with Crippen molar-refractivity contribution in [2.24, 2.45) is 0 Å². The predicted molar refractivity (Wildman–Crippen MR) is 99.5 cm³/mol. The lowest BCUT2D eigenvalue weighted by Gasteiger charge is -2.38. The molecule has 122 valence electrons. The molecule has 1 aromatic carbocycles. The van der Waals surface area contributed by atoms with Crippen LogP contribution in [0.5, 0.6) is 0 Å². The third-order valence-electron chi connectivity index (χ3n) is 4.51. The second kappa shape index (κ2) is 8.49. The zero-order valence-electron chi connectivity index (χ0n) is 14.1. The molecule has 1 saturated heterocycles. The lowest BCUT2D eigenvalue weighted by molar-refractivity contribution is 0.163. The summed E-state index contributed by atoms with van der Waals surface area (Å²) in [7, 11) is 2.26. The summed E-state index contributed by atoms with van der Waals surface area (Å²) >= 11 is 5.57. The van der Waals surface area contributed by atoms with Crippen LogP contribution in [0.1, 0.15) is 38.2 Å².